The standard InChI is InChI=1S/C17H25N3/c1-3-20-11-9-17(10-12-20)19(2)14-16(13-18)15-7-5-4-6-8-15/h4-8,16-17H,3,9-12,14H2,1-2H3. The van der Waals surface area contributed by atoms with Gasteiger partial charge in [-0.3, -0.25) is 0 Å². The third-order valence-electron chi connectivity index (χ3n) is 4.46. The first-order chi connectivity index (χ1) is 9.74. The van der Waals surface area contributed by atoms with Crippen molar-refractivity contribution in [2.24, 2.45) is 0 Å². The predicted octanol–water partition coefficient (Wildman–Crippen LogP) is 2.71. The topological polar surface area (TPSA) is 30.3 Å². The van der Waals surface area contributed by atoms with Gasteiger partial charge in [0.1, 0.15) is 0 Å². The number of likely N-dealkylation sites (tertiary alicyclic amines) is 1. The average molecular weight is 271 g/mol. The fourth-order valence-corrected chi connectivity index (χ4v) is 3.02. The molecule has 0 spiro atoms. The van der Waals surface area contributed by atoms with E-state index in [-0.39, 0.29) is 5.92 Å². The third-order valence-corrected chi connectivity index (χ3v) is 4.46. The van der Waals surface area contributed by atoms with Crippen molar-refractivity contribution < 1.29 is 0 Å². The Morgan fingerprint density at radius 2 is 1.95 bits per heavy atom. The summed E-state index contributed by atoms with van der Waals surface area (Å²) in [5, 5.41) is 9.42. The number of benzene rings is 1. The van der Waals surface area contributed by atoms with Crippen molar-refractivity contribution in [1.29, 1.82) is 5.26 Å². The zero-order valence-corrected chi connectivity index (χ0v) is 12.6. The molecule has 20 heavy (non-hydrogen) atoms. The van der Waals surface area contributed by atoms with Crippen molar-refractivity contribution in [1.82, 2.24) is 9.80 Å². The van der Waals surface area contributed by atoms with Crippen LogP contribution in [0.25, 0.3) is 0 Å². The molecule has 0 bridgehead atoms. The Morgan fingerprint density at radius 1 is 1.30 bits per heavy atom. The highest BCUT2D eigenvalue weighted by Crippen LogP contribution is 2.20. The van der Waals surface area contributed by atoms with Gasteiger partial charge >= 0.3 is 0 Å². The van der Waals surface area contributed by atoms with Gasteiger partial charge in [0, 0.05) is 12.6 Å². The quantitative estimate of drug-likeness (QED) is 0.825. The minimum atomic E-state index is -0.0228. The number of rotatable bonds is 5. The van der Waals surface area contributed by atoms with Crippen LogP contribution in [0.3, 0.4) is 0 Å². The van der Waals surface area contributed by atoms with Crippen LogP contribution in [0.5, 0.6) is 0 Å². The van der Waals surface area contributed by atoms with Crippen LogP contribution in [0.4, 0.5) is 0 Å². The second kappa shape index (κ2) is 7.42. The Kier molecular flexibility index (Phi) is 5.58. The molecule has 1 aromatic rings. The van der Waals surface area contributed by atoms with E-state index in [0.717, 1.165) is 18.7 Å². The molecule has 0 radical (unpaired) electrons. The van der Waals surface area contributed by atoms with E-state index in [0.29, 0.717) is 6.04 Å². The first kappa shape index (κ1) is 15.0. The molecule has 1 aliphatic heterocycles. The van der Waals surface area contributed by atoms with Gasteiger partial charge in [-0.15, -0.1) is 0 Å². The van der Waals surface area contributed by atoms with Crippen LogP contribution >= 0.6 is 0 Å². The van der Waals surface area contributed by atoms with Crippen molar-refractivity contribution in [3.63, 3.8) is 0 Å². The van der Waals surface area contributed by atoms with Crippen LogP contribution < -0.4 is 0 Å². The monoisotopic (exact) mass is 271 g/mol. The normalized spacial score (nSPS) is 18.9. The van der Waals surface area contributed by atoms with Gasteiger partial charge in [0.2, 0.25) is 0 Å². The molecule has 1 atom stereocenters. The van der Waals surface area contributed by atoms with Gasteiger partial charge in [-0.2, -0.15) is 5.26 Å². The fraction of sp³-hybridized carbons (Fsp3) is 0.588. The highest BCUT2D eigenvalue weighted by atomic mass is 15.2. The highest BCUT2D eigenvalue weighted by Gasteiger charge is 2.23. The summed E-state index contributed by atoms with van der Waals surface area (Å²) in [5.74, 6) is -0.0228. The van der Waals surface area contributed by atoms with E-state index < -0.39 is 0 Å². The smallest absolute Gasteiger partial charge is 0.0839 e. The van der Waals surface area contributed by atoms with Crippen molar-refractivity contribution in [2.75, 3.05) is 33.2 Å². The van der Waals surface area contributed by atoms with Crippen molar-refractivity contribution in [3.8, 4) is 6.07 Å². The lowest BCUT2D eigenvalue weighted by Gasteiger charge is -2.37. The molecule has 2 rings (SSSR count). The number of piperidine rings is 1. The van der Waals surface area contributed by atoms with Gasteiger partial charge in [-0.1, -0.05) is 37.3 Å². The zero-order chi connectivity index (χ0) is 14.4. The van der Waals surface area contributed by atoms with Crippen LogP contribution in [-0.2, 0) is 0 Å². The molecule has 1 heterocycles. The zero-order valence-electron chi connectivity index (χ0n) is 12.6. The van der Waals surface area contributed by atoms with Gasteiger partial charge in [0.05, 0.1) is 12.0 Å². The Hall–Kier alpha value is -1.37. The maximum Gasteiger partial charge on any atom is 0.0839 e. The molecule has 1 fully saturated rings. The van der Waals surface area contributed by atoms with E-state index in [1.54, 1.807) is 0 Å². The molecule has 1 saturated heterocycles. The number of hydrogen-bond donors (Lipinski definition) is 0. The van der Waals surface area contributed by atoms with Crippen molar-refractivity contribution >= 4 is 0 Å². The summed E-state index contributed by atoms with van der Waals surface area (Å²) >= 11 is 0. The largest absolute Gasteiger partial charge is 0.303 e. The molecule has 0 saturated carbocycles. The molecule has 0 amide bonds. The van der Waals surface area contributed by atoms with Gasteiger partial charge in [0.25, 0.3) is 0 Å². The molecular formula is C17H25N3. The number of likely N-dealkylation sites (N-methyl/N-ethyl adjacent to an activating group) is 1. The molecule has 0 aromatic heterocycles. The van der Waals surface area contributed by atoms with E-state index >= 15 is 0 Å². The molecule has 0 aliphatic carbocycles. The van der Waals surface area contributed by atoms with Gasteiger partial charge in [0.15, 0.2) is 0 Å². The Morgan fingerprint density at radius 3 is 2.50 bits per heavy atom. The molecular weight excluding hydrogens is 246 g/mol. The van der Waals surface area contributed by atoms with E-state index in [1.165, 1.54) is 25.9 Å². The summed E-state index contributed by atoms with van der Waals surface area (Å²) < 4.78 is 0. The molecule has 0 N–H and O–H groups in total. The molecule has 3 nitrogen and oxygen atoms in total. The summed E-state index contributed by atoms with van der Waals surface area (Å²) in [6.07, 6.45) is 2.44. The van der Waals surface area contributed by atoms with Crippen LogP contribution in [0.1, 0.15) is 31.2 Å². The number of nitrogens with zero attached hydrogens (tertiary/aromatic N) is 3. The fourth-order valence-electron chi connectivity index (χ4n) is 3.02. The molecule has 3 heteroatoms. The summed E-state index contributed by atoms with van der Waals surface area (Å²) in [4.78, 5) is 4.89. The Labute approximate surface area is 122 Å². The van der Waals surface area contributed by atoms with E-state index in [4.69, 9.17) is 0 Å². The maximum absolute atomic E-state index is 9.42. The van der Waals surface area contributed by atoms with Crippen molar-refractivity contribution in [2.45, 2.75) is 31.7 Å². The lowest BCUT2D eigenvalue weighted by molar-refractivity contribution is 0.130. The SMILES string of the molecule is CCN1CCC(N(C)CC(C#N)c2ccccc2)CC1. The van der Waals surface area contributed by atoms with E-state index in [9.17, 15) is 5.26 Å². The van der Waals surface area contributed by atoms with Gasteiger partial charge in [-0.25, -0.2) is 0 Å². The maximum atomic E-state index is 9.42. The van der Waals surface area contributed by atoms with E-state index in [1.807, 2.05) is 18.2 Å². The summed E-state index contributed by atoms with van der Waals surface area (Å²) in [6, 6.07) is 13.2. The molecule has 1 aromatic carbocycles. The molecule has 1 unspecified atom stereocenters. The summed E-state index contributed by atoms with van der Waals surface area (Å²) in [5.41, 5.74) is 1.13. The lowest BCUT2D eigenvalue weighted by atomic mass is 9.97. The van der Waals surface area contributed by atoms with Gasteiger partial charge in [-0.05, 0) is 45.1 Å². The molecule has 1 aliphatic rings. The minimum Gasteiger partial charge on any atom is -0.303 e. The number of nitriles is 1. The van der Waals surface area contributed by atoms with Crippen LogP contribution in [-0.4, -0.2) is 49.1 Å². The summed E-state index contributed by atoms with van der Waals surface area (Å²) in [6.45, 7) is 6.59. The minimum absolute atomic E-state index is 0.0228. The Bertz CT molecular complexity index is 429. The Balaban J connectivity index is 1.90. The second-order valence-electron chi connectivity index (χ2n) is 5.70. The second-order valence-corrected chi connectivity index (χ2v) is 5.70. The van der Waals surface area contributed by atoms with Crippen LogP contribution in [0.2, 0.25) is 0 Å². The predicted molar refractivity (Wildman–Crippen MR) is 82.6 cm³/mol. The summed E-state index contributed by atoms with van der Waals surface area (Å²) in [7, 11) is 2.17. The lowest BCUT2D eigenvalue weighted by Crippen LogP contribution is -2.44. The van der Waals surface area contributed by atoms with Crippen LogP contribution in [0, 0.1) is 11.3 Å². The van der Waals surface area contributed by atoms with Crippen LogP contribution in [0.15, 0.2) is 30.3 Å². The number of hydrogen-bond acceptors (Lipinski definition) is 3. The molecule has 108 valence electrons. The average Bonchev–Trinajstić information content (AvgIpc) is 2.53. The van der Waals surface area contributed by atoms with Crippen molar-refractivity contribution in [3.05, 3.63) is 35.9 Å². The highest BCUT2D eigenvalue weighted by molar-refractivity contribution is 5.25. The first-order valence-corrected chi connectivity index (χ1v) is 7.61. The first-order valence-electron chi connectivity index (χ1n) is 7.61. The van der Waals surface area contributed by atoms with Gasteiger partial charge < -0.3 is 9.80 Å². The van der Waals surface area contributed by atoms with E-state index in [2.05, 4.69) is 42.0 Å². The third kappa shape index (κ3) is 3.82.